The van der Waals surface area contributed by atoms with Crippen LogP contribution in [-0.2, 0) is 13.6 Å². The van der Waals surface area contributed by atoms with Gasteiger partial charge in [0, 0.05) is 22.5 Å². The summed E-state index contributed by atoms with van der Waals surface area (Å²) in [7, 11) is 2.01. The van der Waals surface area contributed by atoms with Crippen molar-refractivity contribution in [1.29, 1.82) is 0 Å². The number of halogens is 2. The number of hydrogen-bond donors (Lipinski definition) is 0. The fourth-order valence-electron chi connectivity index (χ4n) is 1.62. The Morgan fingerprint density at radius 1 is 1.25 bits per heavy atom. The highest BCUT2D eigenvalue weighted by Crippen LogP contribution is 2.25. The zero-order valence-electron chi connectivity index (χ0n) is 9.24. The van der Waals surface area contributed by atoms with Gasteiger partial charge >= 0.3 is 0 Å². The lowest BCUT2D eigenvalue weighted by Crippen LogP contribution is -2.29. The van der Waals surface area contributed by atoms with Crippen LogP contribution >= 0.6 is 23.2 Å². The number of nitrogens with zero attached hydrogens (tertiary/aromatic N) is 2. The van der Waals surface area contributed by atoms with E-state index < -0.39 is 0 Å². The van der Waals surface area contributed by atoms with Crippen molar-refractivity contribution >= 4 is 23.2 Å². The summed E-state index contributed by atoms with van der Waals surface area (Å²) in [5.74, 6) is 1.16. The summed E-state index contributed by atoms with van der Waals surface area (Å²) in [4.78, 5) is 0. The van der Waals surface area contributed by atoms with Crippen LogP contribution in [0.5, 0.6) is 0 Å². The Labute approximate surface area is 105 Å². The van der Waals surface area contributed by atoms with Gasteiger partial charge in [0.05, 0.1) is 7.05 Å². The number of rotatable bonds is 2. The van der Waals surface area contributed by atoms with Crippen LogP contribution in [0.4, 0.5) is 0 Å². The molecule has 2 aromatic rings. The fourth-order valence-corrected chi connectivity index (χ4v) is 2.14. The van der Waals surface area contributed by atoms with Crippen LogP contribution < -0.4 is 4.57 Å². The molecule has 16 heavy (non-hydrogen) atoms. The van der Waals surface area contributed by atoms with Crippen LogP contribution in [-0.4, -0.2) is 4.57 Å². The first-order valence-corrected chi connectivity index (χ1v) is 5.79. The molecular formula is C12H13Cl2N2+. The van der Waals surface area contributed by atoms with Crippen molar-refractivity contribution in [1.82, 2.24) is 4.57 Å². The van der Waals surface area contributed by atoms with Gasteiger partial charge in [0.1, 0.15) is 18.9 Å². The van der Waals surface area contributed by atoms with E-state index in [1.54, 1.807) is 0 Å². The lowest BCUT2D eigenvalue weighted by Gasteiger charge is -2.05. The van der Waals surface area contributed by atoms with Gasteiger partial charge in [0.25, 0.3) is 5.82 Å². The second kappa shape index (κ2) is 4.48. The van der Waals surface area contributed by atoms with Gasteiger partial charge in [-0.2, -0.15) is 0 Å². The van der Waals surface area contributed by atoms with E-state index in [-0.39, 0.29) is 0 Å². The molecule has 0 bridgehead atoms. The van der Waals surface area contributed by atoms with Crippen molar-refractivity contribution in [2.45, 2.75) is 13.5 Å². The minimum absolute atomic E-state index is 0.700. The SMILES string of the molecule is Cc1n(Cc2c(Cl)cccc2Cl)cc[n+]1C. The molecule has 0 amide bonds. The van der Waals surface area contributed by atoms with Gasteiger partial charge in [-0.15, -0.1) is 0 Å². The molecule has 0 N–H and O–H groups in total. The minimum atomic E-state index is 0.700. The third-order valence-corrected chi connectivity index (χ3v) is 3.49. The van der Waals surface area contributed by atoms with Gasteiger partial charge in [-0.3, -0.25) is 0 Å². The highest BCUT2D eigenvalue weighted by molar-refractivity contribution is 6.35. The molecule has 0 spiro atoms. The maximum Gasteiger partial charge on any atom is 0.253 e. The highest BCUT2D eigenvalue weighted by atomic mass is 35.5. The van der Waals surface area contributed by atoms with E-state index >= 15 is 0 Å². The lowest BCUT2D eigenvalue weighted by atomic mass is 10.2. The normalized spacial score (nSPS) is 10.8. The summed E-state index contributed by atoms with van der Waals surface area (Å²) in [5.41, 5.74) is 0.963. The Hall–Kier alpha value is -0.990. The van der Waals surface area contributed by atoms with E-state index in [1.807, 2.05) is 37.6 Å². The molecule has 0 unspecified atom stereocenters. The molecule has 0 radical (unpaired) electrons. The second-order valence-corrected chi connectivity index (χ2v) is 4.60. The third-order valence-electron chi connectivity index (χ3n) is 2.79. The Bertz CT molecular complexity index is 497. The zero-order valence-corrected chi connectivity index (χ0v) is 10.8. The van der Waals surface area contributed by atoms with E-state index in [0.717, 1.165) is 11.4 Å². The average Bonchev–Trinajstić information content (AvgIpc) is 2.55. The smallest absolute Gasteiger partial charge is 0.237 e. The molecule has 0 atom stereocenters. The van der Waals surface area contributed by atoms with E-state index in [9.17, 15) is 0 Å². The first-order chi connectivity index (χ1) is 7.59. The Morgan fingerprint density at radius 3 is 2.38 bits per heavy atom. The summed E-state index contributed by atoms with van der Waals surface area (Å²) < 4.78 is 4.18. The topological polar surface area (TPSA) is 8.81 Å². The Morgan fingerprint density at radius 2 is 1.88 bits per heavy atom. The molecule has 2 rings (SSSR count). The Kier molecular flexibility index (Phi) is 3.22. The first kappa shape index (κ1) is 11.5. The predicted octanol–water partition coefficient (Wildman–Crippen LogP) is 2.98. The number of imidazole rings is 1. The van der Waals surface area contributed by atoms with Crippen molar-refractivity contribution in [3.63, 3.8) is 0 Å². The molecular weight excluding hydrogens is 243 g/mol. The number of hydrogen-bond acceptors (Lipinski definition) is 0. The molecule has 1 aromatic heterocycles. The molecule has 1 heterocycles. The predicted molar refractivity (Wildman–Crippen MR) is 65.9 cm³/mol. The standard InChI is InChI=1S/C12H13Cl2N2/c1-9-15(2)6-7-16(9)8-10-11(13)4-3-5-12(10)14/h3-7H,8H2,1-2H3/q+1. The van der Waals surface area contributed by atoms with Crippen LogP contribution in [0.2, 0.25) is 10.0 Å². The van der Waals surface area contributed by atoms with Crippen LogP contribution in [0, 0.1) is 6.92 Å². The maximum absolute atomic E-state index is 6.13. The maximum atomic E-state index is 6.13. The van der Waals surface area contributed by atoms with Crippen LogP contribution in [0.15, 0.2) is 30.6 Å². The first-order valence-electron chi connectivity index (χ1n) is 5.04. The van der Waals surface area contributed by atoms with Crippen molar-refractivity contribution in [2.24, 2.45) is 7.05 Å². The van der Waals surface area contributed by atoms with Crippen LogP contribution in [0.1, 0.15) is 11.4 Å². The molecule has 2 nitrogen and oxygen atoms in total. The van der Waals surface area contributed by atoms with Crippen LogP contribution in [0.3, 0.4) is 0 Å². The molecule has 0 fully saturated rings. The summed E-state index contributed by atoms with van der Waals surface area (Å²) in [6.45, 7) is 2.76. The molecule has 0 aliphatic heterocycles. The summed E-state index contributed by atoms with van der Waals surface area (Å²) in [5, 5.41) is 1.42. The molecule has 4 heteroatoms. The van der Waals surface area contributed by atoms with Gasteiger partial charge in [0.15, 0.2) is 0 Å². The molecule has 0 saturated heterocycles. The van der Waals surface area contributed by atoms with E-state index in [1.165, 1.54) is 0 Å². The molecule has 0 aliphatic rings. The van der Waals surface area contributed by atoms with Crippen molar-refractivity contribution in [3.8, 4) is 0 Å². The van der Waals surface area contributed by atoms with E-state index in [0.29, 0.717) is 16.6 Å². The monoisotopic (exact) mass is 255 g/mol. The molecule has 0 aliphatic carbocycles. The largest absolute Gasteiger partial charge is 0.253 e. The van der Waals surface area contributed by atoms with Gasteiger partial charge in [-0.25, -0.2) is 9.13 Å². The lowest BCUT2D eigenvalue weighted by molar-refractivity contribution is -0.677. The Balaban J connectivity index is 2.38. The van der Waals surface area contributed by atoms with E-state index in [2.05, 4.69) is 16.1 Å². The van der Waals surface area contributed by atoms with Gasteiger partial charge in [-0.1, -0.05) is 29.3 Å². The third kappa shape index (κ3) is 2.08. The van der Waals surface area contributed by atoms with Gasteiger partial charge in [-0.05, 0) is 12.1 Å². The average molecular weight is 256 g/mol. The summed E-state index contributed by atoms with van der Waals surface area (Å²) in [6.07, 6.45) is 4.04. The summed E-state index contributed by atoms with van der Waals surface area (Å²) in [6, 6.07) is 5.58. The number of aryl methyl sites for hydroxylation is 1. The number of benzene rings is 1. The summed E-state index contributed by atoms with van der Waals surface area (Å²) >= 11 is 12.3. The molecule has 84 valence electrons. The minimum Gasteiger partial charge on any atom is -0.237 e. The van der Waals surface area contributed by atoms with Crippen molar-refractivity contribution < 1.29 is 4.57 Å². The molecule has 0 saturated carbocycles. The number of aromatic nitrogens is 2. The van der Waals surface area contributed by atoms with Gasteiger partial charge < -0.3 is 0 Å². The molecule has 1 aromatic carbocycles. The van der Waals surface area contributed by atoms with Crippen molar-refractivity contribution in [2.75, 3.05) is 0 Å². The van der Waals surface area contributed by atoms with E-state index in [4.69, 9.17) is 23.2 Å². The van der Waals surface area contributed by atoms with Gasteiger partial charge in [0.2, 0.25) is 0 Å². The fraction of sp³-hybridized carbons (Fsp3) is 0.250. The quantitative estimate of drug-likeness (QED) is 0.730. The van der Waals surface area contributed by atoms with Crippen molar-refractivity contribution in [3.05, 3.63) is 52.0 Å². The van der Waals surface area contributed by atoms with Crippen LogP contribution in [0.25, 0.3) is 0 Å². The second-order valence-electron chi connectivity index (χ2n) is 3.78. The zero-order chi connectivity index (χ0) is 11.7. The highest BCUT2D eigenvalue weighted by Gasteiger charge is 2.13.